The molecule has 1 saturated heterocycles. The second-order valence-corrected chi connectivity index (χ2v) is 5.62. The number of hydrogen-bond acceptors (Lipinski definition) is 2. The Morgan fingerprint density at radius 2 is 1.79 bits per heavy atom. The average molecular weight is 266 g/mol. The normalized spacial score (nSPS) is 22.4. The molecule has 0 aromatic heterocycles. The Labute approximate surface area is 112 Å². The fraction of sp³-hybridized carbons (Fsp3) is 0.600. The van der Waals surface area contributed by atoms with E-state index in [9.17, 15) is 8.78 Å². The summed E-state index contributed by atoms with van der Waals surface area (Å²) in [6.45, 7) is 3.53. The SMILES string of the molecule is Fc1cccc(F)c1[C@H](CC1CC1)N1CCNCC1. The van der Waals surface area contributed by atoms with E-state index in [2.05, 4.69) is 10.2 Å². The fourth-order valence-corrected chi connectivity index (χ4v) is 2.94. The first-order valence-corrected chi connectivity index (χ1v) is 7.14. The minimum atomic E-state index is -0.399. The van der Waals surface area contributed by atoms with Crippen molar-refractivity contribution in [3.63, 3.8) is 0 Å². The molecule has 2 fully saturated rings. The number of nitrogens with one attached hydrogen (secondary N) is 1. The molecule has 1 saturated carbocycles. The smallest absolute Gasteiger partial charge is 0.130 e. The summed E-state index contributed by atoms with van der Waals surface area (Å²) in [4.78, 5) is 2.23. The zero-order chi connectivity index (χ0) is 13.2. The first-order valence-electron chi connectivity index (χ1n) is 7.14. The molecule has 1 aliphatic carbocycles. The Morgan fingerprint density at radius 1 is 1.16 bits per heavy atom. The van der Waals surface area contributed by atoms with Crippen LogP contribution in [0.3, 0.4) is 0 Å². The zero-order valence-electron chi connectivity index (χ0n) is 11.0. The second kappa shape index (κ2) is 5.55. The third-order valence-electron chi connectivity index (χ3n) is 4.18. The minimum Gasteiger partial charge on any atom is -0.314 e. The quantitative estimate of drug-likeness (QED) is 0.901. The molecule has 104 valence electrons. The predicted octanol–water partition coefficient (Wildman–Crippen LogP) is 2.71. The molecule has 1 aromatic rings. The maximum atomic E-state index is 14.0. The molecular formula is C15H20F2N2. The molecule has 2 nitrogen and oxygen atoms in total. The lowest BCUT2D eigenvalue weighted by atomic mass is 9.97. The second-order valence-electron chi connectivity index (χ2n) is 5.62. The van der Waals surface area contributed by atoms with Gasteiger partial charge in [0, 0.05) is 37.8 Å². The molecule has 0 radical (unpaired) electrons. The predicted molar refractivity (Wildman–Crippen MR) is 70.9 cm³/mol. The Morgan fingerprint density at radius 3 is 2.37 bits per heavy atom. The van der Waals surface area contributed by atoms with Crippen LogP contribution in [0.25, 0.3) is 0 Å². The molecule has 4 heteroatoms. The summed E-state index contributed by atoms with van der Waals surface area (Å²) >= 11 is 0. The summed E-state index contributed by atoms with van der Waals surface area (Å²) in [5, 5.41) is 3.29. The molecule has 1 heterocycles. The van der Waals surface area contributed by atoms with Gasteiger partial charge in [-0.2, -0.15) is 0 Å². The summed E-state index contributed by atoms with van der Waals surface area (Å²) in [6, 6.07) is 4.09. The summed E-state index contributed by atoms with van der Waals surface area (Å²) in [5.41, 5.74) is 0.274. The number of halogens is 2. The lowest BCUT2D eigenvalue weighted by molar-refractivity contribution is 0.154. The van der Waals surface area contributed by atoms with Crippen LogP contribution in [0.5, 0.6) is 0 Å². The van der Waals surface area contributed by atoms with Crippen molar-refractivity contribution in [1.82, 2.24) is 10.2 Å². The van der Waals surface area contributed by atoms with Gasteiger partial charge in [-0.15, -0.1) is 0 Å². The third kappa shape index (κ3) is 2.95. The highest BCUT2D eigenvalue weighted by Gasteiger charge is 2.33. The monoisotopic (exact) mass is 266 g/mol. The van der Waals surface area contributed by atoms with Gasteiger partial charge in [-0.1, -0.05) is 18.9 Å². The molecule has 0 amide bonds. The first kappa shape index (κ1) is 13.0. The summed E-state index contributed by atoms with van der Waals surface area (Å²) in [5.74, 6) is -0.146. The van der Waals surface area contributed by atoms with Crippen molar-refractivity contribution in [3.05, 3.63) is 35.4 Å². The standard InChI is InChI=1S/C15H20F2N2/c16-12-2-1-3-13(17)15(12)14(10-11-4-5-11)19-8-6-18-7-9-19/h1-3,11,14,18H,4-10H2/t14-/m0/s1. The van der Waals surface area contributed by atoms with E-state index in [1.54, 1.807) is 0 Å². The Bertz CT molecular complexity index is 420. The Kier molecular flexibility index (Phi) is 3.80. The molecule has 0 spiro atoms. The van der Waals surface area contributed by atoms with Gasteiger partial charge in [0.1, 0.15) is 11.6 Å². The van der Waals surface area contributed by atoms with E-state index in [4.69, 9.17) is 0 Å². The number of hydrogen-bond donors (Lipinski definition) is 1. The molecule has 0 bridgehead atoms. The summed E-state index contributed by atoms with van der Waals surface area (Å²) < 4.78 is 28.1. The van der Waals surface area contributed by atoms with Gasteiger partial charge in [0.2, 0.25) is 0 Å². The molecule has 0 unspecified atom stereocenters. The van der Waals surface area contributed by atoms with Crippen LogP contribution in [0.15, 0.2) is 18.2 Å². The van der Waals surface area contributed by atoms with Crippen LogP contribution in [0.4, 0.5) is 8.78 Å². The van der Waals surface area contributed by atoms with Crippen LogP contribution in [0, 0.1) is 17.6 Å². The van der Waals surface area contributed by atoms with Crippen LogP contribution >= 0.6 is 0 Å². The number of piperazine rings is 1. The largest absolute Gasteiger partial charge is 0.314 e. The highest BCUT2D eigenvalue weighted by Crippen LogP contribution is 2.41. The van der Waals surface area contributed by atoms with Crippen molar-refractivity contribution in [2.75, 3.05) is 26.2 Å². The molecule has 3 rings (SSSR count). The van der Waals surface area contributed by atoms with Gasteiger partial charge in [-0.3, -0.25) is 4.90 Å². The molecule has 1 atom stereocenters. The van der Waals surface area contributed by atoms with Crippen LogP contribution < -0.4 is 5.32 Å². The van der Waals surface area contributed by atoms with Gasteiger partial charge < -0.3 is 5.32 Å². The van der Waals surface area contributed by atoms with Crippen molar-refractivity contribution in [3.8, 4) is 0 Å². The summed E-state index contributed by atoms with van der Waals surface area (Å²) in [6.07, 6.45) is 3.30. The lowest BCUT2D eigenvalue weighted by Gasteiger charge is -2.35. The van der Waals surface area contributed by atoms with Crippen LogP contribution in [-0.4, -0.2) is 31.1 Å². The minimum absolute atomic E-state index is 0.101. The van der Waals surface area contributed by atoms with Gasteiger partial charge >= 0.3 is 0 Å². The first-order chi connectivity index (χ1) is 9.25. The van der Waals surface area contributed by atoms with Crippen LogP contribution in [-0.2, 0) is 0 Å². The number of benzene rings is 1. The maximum absolute atomic E-state index is 14.0. The van der Waals surface area contributed by atoms with Gasteiger partial charge in [0.25, 0.3) is 0 Å². The Hall–Kier alpha value is -1.00. The van der Waals surface area contributed by atoms with E-state index in [1.807, 2.05) is 0 Å². The molecular weight excluding hydrogens is 246 g/mol. The number of nitrogens with zero attached hydrogens (tertiary/aromatic N) is 1. The highest BCUT2D eigenvalue weighted by atomic mass is 19.1. The Balaban J connectivity index is 1.88. The van der Waals surface area contributed by atoms with Gasteiger partial charge in [0.15, 0.2) is 0 Å². The molecule has 1 aliphatic heterocycles. The van der Waals surface area contributed by atoms with Gasteiger partial charge in [-0.25, -0.2) is 8.78 Å². The van der Waals surface area contributed by atoms with Crippen molar-refractivity contribution in [2.45, 2.75) is 25.3 Å². The number of rotatable bonds is 4. The zero-order valence-corrected chi connectivity index (χ0v) is 11.0. The van der Waals surface area contributed by atoms with E-state index in [0.717, 1.165) is 32.6 Å². The highest BCUT2D eigenvalue weighted by molar-refractivity contribution is 5.24. The molecule has 1 N–H and O–H groups in total. The summed E-state index contributed by atoms with van der Waals surface area (Å²) in [7, 11) is 0. The van der Waals surface area contributed by atoms with Crippen molar-refractivity contribution < 1.29 is 8.78 Å². The molecule has 1 aromatic carbocycles. The lowest BCUT2D eigenvalue weighted by Crippen LogP contribution is -2.45. The fourth-order valence-electron chi connectivity index (χ4n) is 2.94. The molecule has 19 heavy (non-hydrogen) atoms. The maximum Gasteiger partial charge on any atom is 0.130 e. The van der Waals surface area contributed by atoms with Gasteiger partial charge in [-0.05, 0) is 24.5 Å². The van der Waals surface area contributed by atoms with Crippen LogP contribution in [0.2, 0.25) is 0 Å². The van der Waals surface area contributed by atoms with Crippen molar-refractivity contribution in [2.24, 2.45) is 5.92 Å². The van der Waals surface area contributed by atoms with E-state index >= 15 is 0 Å². The average Bonchev–Trinajstić information content (AvgIpc) is 3.22. The van der Waals surface area contributed by atoms with Crippen LogP contribution in [0.1, 0.15) is 30.9 Å². The van der Waals surface area contributed by atoms with Gasteiger partial charge in [0.05, 0.1) is 0 Å². The van der Waals surface area contributed by atoms with E-state index in [1.165, 1.54) is 31.0 Å². The third-order valence-corrected chi connectivity index (χ3v) is 4.18. The van der Waals surface area contributed by atoms with E-state index < -0.39 is 11.6 Å². The van der Waals surface area contributed by atoms with E-state index in [0.29, 0.717) is 5.92 Å². The van der Waals surface area contributed by atoms with Crippen molar-refractivity contribution in [1.29, 1.82) is 0 Å². The van der Waals surface area contributed by atoms with Crippen molar-refractivity contribution >= 4 is 0 Å². The topological polar surface area (TPSA) is 15.3 Å². The molecule has 2 aliphatic rings. The van der Waals surface area contributed by atoms with E-state index in [-0.39, 0.29) is 11.6 Å².